The Kier molecular flexibility index (Phi) is 7.81. The van der Waals surface area contributed by atoms with Gasteiger partial charge in [0.2, 0.25) is 0 Å². The van der Waals surface area contributed by atoms with Gasteiger partial charge in [-0.15, -0.1) is 45.3 Å². The number of nitrogens with two attached hydrogens (primary N) is 1. The van der Waals surface area contributed by atoms with E-state index < -0.39 is 0 Å². The van der Waals surface area contributed by atoms with E-state index in [1.54, 1.807) is 23.1 Å². The maximum atomic E-state index is 5.43. The summed E-state index contributed by atoms with van der Waals surface area (Å²) in [6.45, 7) is 0.709. The van der Waals surface area contributed by atoms with Crippen LogP contribution in [-0.4, -0.2) is 17.3 Å². The molecule has 0 aliphatic rings. The molecule has 2 nitrogen and oxygen atoms in total. The highest BCUT2D eigenvalue weighted by Gasteiger charge is 2.01. The molecule has 6 heteroatoms. The Morgan fingerprint density at radius 2 is 2.00 bits per heavy atom. The molecule has 1 heterocycles. The minimum absolute atomic E-state index is 0. The molecule has 0 radical (unpaired) electrons. The third-order valence-electron chi connectivity index (χ3n) is 1.62. The van der Waals surface area contributed by atoms with E-state index in [9.17, 15) is 0 Å². The van der Waals surface area contributed by atoms with Crippen LogP contribution in [0.25, 0.3) is 10.2 Å². The fourth-order valence-corrected chi connectivity index (χ4v) is 2.97. The van der Waals surface area contributed by atoms with Crippen molar-refractivity contribution in [3.8, 4) is 0 Å². The van der Waals surface area contributed by atoms with E-state index in [1.807, 2.05) is 18.2 Å². The first-order valence-electron chi connectivity index (χ1n) is 4.08. The minimum Gasteiger partial charge on any atom is -0.330 e. The summed E-state index contributed by atoms with van der Waals surface area (Å²) in [4.78, 5) is 4.48. The summed E-state index contributed by atoms with van der Waals surface area (Å²) in [6, 6.07) is 8.19. The number of para-hydroxylation sites is 1. The molecule has 0 saturated heterocycles. The van der Waals surface area contributed by atoms with Crippen molar-refractivity contribution in [1.82, 2.24) is 4.98 Å². The smallest absolute Gasteiger partial charge is 0.151 e. The molecule has 0 unspecified atom stereocenters. The molecule has 0 fully saturated rings. The van der Waals surface area contributed by atoms with Crippen LogP contribution >= 0.6 is 57.1 Å². The van der Waals surface area contributed by atoms with E-state index in [4.69, 9.17) is 5.73 Å². The van der Waals surface area contributed by atoms with E-state index in [1.165, 1.54) is 4.70 Å². The van der Waals surface area contributed by atoms with Crippen molar-refractivity contribution in [2.24, 2.45) is 5.73 Å². The Hall–Kier alpha value is 0.380. The minimum atomic E-state index is 0. The van der Waals surface area contributed by atoms with Crippen LogP contribution in [0.1, 0.15) is 0 Å². The molecule has 0 bridgehead atoms. The predicted octanol–water partition coefficient (Wildman–Crippen LogP) is 3.50. The van der Waals surface area contributed by atoms with Crippen molar-refractivity contribution in [3.63, 3.8) is 0 Å². The van der Waals surface area contributed by atoms with Crippen molar-refractivity contribution in [1.29, 1.82) is 0 Å². The summed E-state index contributed by atoms with van der Waals surface area (Å²) in [6.07, 6.45) is 0. The largest absolute Gasteiger partial charge is 0.330 e. The normalized spacial score (nSPS) is 9.40. The molecule has 0 atom stereocenters. The van der Waals surface area contributed by atoms with Gasteiger partial charge in [-0.1, -0.05) is 23.9 Å². The highest BCUT2D eigenvalue weighted by Crippen LogP contribution is 2.28. The number of rotatable bonds is 3. The average Bonchev–Trinajstić information content (AvgIpc) is 2.57. The highest BCUT2D eigenvalue weighted by molar-refractivity contribution is 8.93. The molecule has 2 rings (SSSR count). The SMILES string of the molecule is Br.Br.NCCSc1nc2ccccc2s1. The number of fused-ring (bicyclic) bond motifs is 1. The lowest BCUT2D eigenvalue weighted by Crippen LogP contribution is -2.00. The highest BCUT2D eigenvalue weighted by atomic mass is 79.9. The first-order valence-corrected chi connectivity index (χ1v) is 5.89. The van der Waals surface area contributed by atoms with Gasteiger partial charge >= 0.3 is 0 Å². The Bertz CT molecular complexity index is 373. The monoisotopic (exact) mass is 370 g/mol. The van der Waals surface area contributed by atoms with Gasteiger partial charge in [-0.05, 0) is 12.1 Å². The van der Waals surface area contributed by atoms with Gasteiger partial charge in [0.05, 0.1) is 10.2 Å². The Morgan fingerprint density at radius 1 is 1.27 bits per heavy atom. The Morgan fingerprint density at radius 3 is 2.67 bits per heavy atom. The second-order valence-corrected chi connectivity index (χ2v) is 4.96. The second-order valence-electron chi connectivity index (χ2n) is 2.58. The van der Waals surface area contributed by atoms with E-state index >= 15 is 0 Å². The number of halogens is 2. The first kappa shape index (κ1) is 15.4. The molecule has 0 aliphatic carbocycles. The van der Waals surface area contributed by atoms with Gasteiger partial charge in [0.1, 0.15) is 0 Å². The number of nitrogens with zero attached hydrogens (tertiary/aromatic N) is 1. The van der Waals surface area contributed by atoms with Gasteiger partial charge in [-0.25, -0.2) is 4.98 Å². The van der Waals surface area contributed by atoms with Gasteiger partial charge in [0, 0.05) is 12.3 Å². The Labute approximate surface area is 118 Å². The number of hydrogen-bond acceptors (Lipinski definition) is 4. The molecule has 0 saturated carbocycles. The lowest BCUT2D eigenvalue weighted by molar-refractivity contribution is 1.14. The molecule has 0 aliphatic heterocycles. The van der Waals surface area contributed by atoms with Crippen LogP contribution in [0, 0.1) is 0 Å². The molecule has 15 heavy (non-hydrogen) atoms. The van der Waals surface area contributed by atoms with Crippen molar-refractivity contribution >= 4 is 67.3 Å². The summed E-state index contributed by atoms with van der Waals surface area (Å²) in [5.41, 5.74) is 6.52. The summed E-state index contributed by atoms with van der Waals surface area (Å²) >= 11 is 3.46. The van der Waals surface area contributed by atoms with Gasteiger partial charge in [0.15, 0.2) is 4.34 Å². The third-order valence-corrected chi connectivity index (χ3v) is 3.83. The molecule has 84 valence electrons. The topological polar surface area (TPSA) is 38.9 Å². The quantitative estimate of drug-likeness (QED) is 0.839. The van der Waals surface area contributed by atoms with Crippen LogP contribution in [0.15, 0.2) is 28.6 Å². The number of benzene rings is 1. The van der Waals surface area contributed by atoms with Crippen LogP contribution in [0.2, 0.25) is 0 Å². The van der Waals surface area contributed by atoms with Crippen LogP contribution in [0.5, 0.6) is 0 Å². The molecule has 0 amide bonds. The lowest BCUT2D eigenvalue weighted by Gasteiger charge is -1.89. The summed E-state index contributed by atoms with van der Waals surface area (Å²) in [7, 11) is 0. The predicted molar refractivity (Wildman–Crippen MR) is 80.0 cm³/mol. The average molecular weight is 372 g/mol. The number of hydrogen-bond donors (Lipinski definition) is 1. The van der Waals surface area contributed by atoms with E-state index in [0.29, 0.717) is 6.54 Å². The number of aromatic nitrogens is 1. The summed E-state index contributed by atoms with van der Waals surface area (Å²) in [5, 5.41) is 0. The van der Waals surface area contributed by atoms with E-state index in [0.717, 1.165) is 15.6 Å². The van der Waals surface area contributed by atoms with Crippen molar-refractivity contribution < 1.29 is 0 Å². The third kappa shape index (κ3) is 4.03. The summed E-state index contributed by atoms with van der Waals surface area (Å²) in [5.74, 6) is 0.944. The molecule has 0 spiro atoms. The second kappa shape index (κ2) is 7.62. The van der Waals surface area contributed by atoms with Crippen molar-refractivity contribution in [3.05, 3.63) is 24.3 Å². The molecule has 2 aromatic rings. The zero-order chi connectivity index (χ0) is 9.10. The lowest BCUT2D eigenvalue weighted by atomic mass is 10.3. The van der Waals surface area contributed by atoms with E-state index in [2.05, 4.69) is 11.1 Å². The van der Waals surface area contributed by atoms with Crippen LogP contribution in [-0.2, 0) is 0 Å². The van der Waals surface area contributed by atoms with Crippen LogP contribution in [0.3, 0.4) is 0 Å². The summed E-state index contributed by atoms with van der Waals surface area (Å²) < 4.78 is 2.37. The van der Waals surface area contributed by atoms with Crippen molar-refractivity contribution in [2.45, 2.75) is 4.34 Å². The number of thioether (sulfide) groups is 1. The zero-order valence-corrected chi connectivity index (χ0v) is 12.9. The molecular formula is C9H12Br2N2S2. The fourth-order valence-electron chi connectivity index (χ4n) is 1.06. The molecule has 2 N–H and O–H groups in total. The molecule has 1 aromatic heterocycles. The van der Waals surface area contributed by atoms with Crippen LogP contribution < -0.4 is 5.73 Å². The zero-order valence-electron chi connectivity index (χ0n) is 7.88. The standard InChI is InChI=1S/C9H10N2S2.2BrH/c10-5-6-12-9-11-7-3-1-2-4-8(7)13-9;;/h1-4H,5-6,10H2;2*1H. The molecule has 1 aromatic carbocycles. The van der Waals surface area contributed by atoms with Gasteiger partial charge < -0.3 is 5.73 Å². The fraction of sp³-hybridized carbons (Fsp3) is 0.222. The van der Waals surface area contributed by atoms with E-state index in [-0.39, 0.29) is 34.0 Å². The molecular weight excluding hydrogens is 360 g/mol. The van der Waals surface area contributed by atoms with Gasteiger partial charge in [-0.3, -0.25) is 0 Å². The Balaban J connectivity index is 0.000000980. The maximum absolute atomic E-state index is 5.43. The van der Waals surface area contributed by atoms with Gasteiger partial charge in [0.25, 0.3) is 0 Å². The first-order chi connectivity index (χ1) is 6.40. The van der Waals surface area contributed by atoms with Crippen molar-refractivity contribution in [2.75, 3.05) is 12.3 Å². The van der Waals surface area contributed by atoms with Crippen LogP contribution in [0.4, 0.5) is 0 Å². The number of thiazole rings is 1. The van der Waals surface area contributed by atoms with Gasteiger partial charge in [-0.2, -0.15) is 0 Å². The maximum Gasteiger partial charge on any atom is 0.151 e.